The van der Waals surface area contributed by atoms with Gasteiger partial charge in [0.25, 0.3) is 5.08 Å². The van der Waals surface area contributed by atoms with Crippen LogP contribution in [0, 0.1) is 0 Å². The number of hydrogen-bond donors (Lipinski definition) is 5. The highest BCUT2D eigenvalue weighted by Crippen LogP contribution is 2.68. The number of rotatable bonds is 4. The Morgan fingerprint density at radius 3 is 2.00 bits per heavy atom. The van der Waals surface area contributed by atoms with Gasteiger partial charge in [-0.15, -0.1) is 0 Å². The first kappa shape index (κ1) is 17.4. The second kappa shape index (κ2) is 5.56. The van der Waals surface area contributed by atoms with Gasteiger partial charge in [-0.2, -0.15) is 0 Å². The van der Waals surface area contributed by atoms with Crippen molar-refractivity contribution in [2.45, 2.75) is 11.5 Å². The molecule has 18 heavy (non-hydrogen) atoms. The molecule has 0 radical (unpaired) electrons. The summed E-state index contributed by atoms with van der Waals surface area (Å²) in [7, 11) is -10.8. The quantitative estimate of drug-likeness (QED) is 0.430. The van der Waals surface area contributed by atoms with Crippen LogP contribution in [0.3, 0.4) is 0 Å². The van der Waals surface area contributed by atoms with Gasteiger partial charge in [-0.1, -0.05) is 6.07 Å². The summed E-state index contributed by atoms with van der Waals surface area (Å²) < 4.78 is 22.1. The van der Waals surface area contributed by atoms with Crippen molar-refractivity contribution in [1.82, 2.24) is 4.98 Å². The highest BCUT2D eigenvalue weighted by Gasteiger charge is 2.59. The first-order chi connectivity index (χ1) is 7.58. The van der Waals surface area contributed by atoms with E-state index in [4.69, 9.17) is 19.6 Å². The summed E-state index contributed by atoms with van der Waals surface area (Å²) in [5, 5.41) is 6.16. The van der Waals surface area contributed by atoms with E-state index in [0.717, 1.165) is 6.20 Å². The van der Waals surface area contributed by atoms with E-state index in [1.807, 2.05) is 0 Å². The molecule has 0 spiro atoms. The van der Waals surface area contributed by atoms with E-state index in [2.05, 4.69) is 4.98 Å². The van der Waals surface area contributed by atoms with Gasteiger partial charge >= 0.3 is 15.2 Å². The highest BCUT2D eigenvalue weighted by molar-refractivity contribution is 7.72. The van der Waals surface area contributed by atoms with Gasteiger partial charge in [0.2, 0.25) is 0 Å². The van der Waals surface area contributed by atoms with Crippen LogP contribution in [0.4, 0.5) is 0 Å². The van der Waals surface area contributed by atoms with Gasteiger partial charge in [0.1, 0.15) is 0 Å². The Morgan fingerprint density at radius 2 is 1.67 bits per heavy atom. The van der Waals surface area contributed by atoms with Gasteiger partial charge in [-0.05, 0) is 11.6 Å². The van der Waals surface area contributed by atoms with Crippen LogP contribution in [0.2, 0.25) is 0 Å². The van der Waals surface area contributed by atoms with Crippen molar-refractivity contribution < 1.29 is 39.3 Å². The molecule has 1 heterocycles. The van der Waals surface area contributed by atoms with Crippen LogP contribution in [0.1, 0.15) is 5.56 Å². The van der Waals surface area contributed by atoms with E-state index in [1.165, 1.54) is 18.3 Å². The first-order valence-electron chi connectivity index (χ1n) is 4.30. The zero-order valence-corrected chi connectivity index (χ0v) is 10.7. The van der Waals surface area contributed by atoms with E-state index < -0.39 is 26.7 Å². The molecule has 11 heteroatoms. The predicted molar refractivity (Wildman–Crippen MR) is 60.6 cm³/mol. The van der Waals surface area contributed by atoms with Crippen molar-refractivity contribution in [3.05, 3.63) is 30.1 Å². The molecule has 1 aromatic rings. The number of hydrogen-bond acceptors (Lipinski definition) is 4. The minimum Gasteiger partial charge on any atom is -0.412 e. The Hall–Kier alpha value is -0.630. The minimum absolute atomic E-state index is 0. The second-order valence-corrected chi connectivity index (χ2v) is 7.41. The largest absolute Gasteiger partial charge is 0.412 e. The van der Waals surface area contributed by atoms with Crippen molar-refractivity contribution in [3.63, 3.8) is 0 Å². The van der Waals surface area contributed by atoms with E-state index >= 15 is 0 Å². The van der Waals surface area contributed by atoms with Crippen LogP contribution in [-0.2, 0) is 15.6 Å². The lowest BCUT2D eigenvalue weighted by Gasteiger charge is -2.29. The lowest BCUT2D eigenvalue weighted by atomic mass is 10.2. The number of pyridine rings is 1. The zero-order valence-electron chi connectivity index (χ0n) is 8.91. The molecule has 0 amide bonds. The second-order valence-electron chi connectivity index (χ2n) is 3.40. The molecular formula is C7H13NO8P2. The van der Waals surface area contributed by atoms with Gasteiger partial charge in [0, 0.05) is 18.8 Å². The third-order valence-electron chi connectivity index (χ3n) is 2.10. The van der Waals surface area contributed by atoms with Crippen molar-refractivity contribution in [3.8, 4) is 0 Å². The average Bonchev–Trinajstić information content (AvgIpc) is 2.15. The molecule has 0 aliphatic heterocycles. The fraction of sp³-hybridized carbons (Fsp3) is 0.286. The molecule has 0 fully saturated rings. The molecule has 7 N–H and O–H groups in total. The third kappa shape index (κ3) is 3.44. The summed E-state index contributed by atoms with van der Waals surface area (Å²) in [6, 6.07) is 2.75. The molecule has 104 valence electrons. The SMILES string of the molecule is O.O=P(O)(O)C(O)(Cc1cccnc1)P(=O)(O)O. The molecule has 1 aromatic heterocycles. The number of aliphatic hydroxyl groups is 1. The maximum absolute atomic E-state index is 11.0. The van der Waals surface area contributed by atoms with Crippen LogP contribution in [0.5, 0.6) is 0 Å². The van der Waals surface area contributed by atoms with Crippen molar-refractivity contribution in [2.75, 3.05) is 0 Å². The van der Waals surface area contributed by atoms with Crippen LogP contribution in [-0.4, -0.2) is 40.2 Å². The van der Waals surface area contributed by atoms with Crippen molar-refractivity contribution >= 4 is 15.2 Å². The first-order valence-corrected chi connectivity index (χ1v) is 7.53. The fourth-order valence-electron chi connectivity index (χ4n) is 1.15. The standard InChI is InChI=1S/C7H11NO7P2.H2O/c9-7(16(10,11)12,17(13,14)15)4-6-2-1-3-8-5-6;/h1-3,5,9H,4H2,(H2,10,11,12)(H2,13,14,15);1H2. The number of nitrogens with zero attached hydrogens (tertiary/aromatic N) is 1. The lowest BCUT2D eigenvalue weighted by molar-refractivity contribution is 0.131. The Kier molecular flexibility index (Phi) is 5.37. The summed E-state index contributed by atoms with van der Waals surface area (Å²) in [4.78, 5) is 39.1. The van der Waals surface area contributed by atoms with Crippen molar-refractivity contribution in [1.29, 1.82) is 0 Å². The van der Waals surface area contributed by atoms with Crippen molar-refractivity contribution in [2.24, 2.45) is 0 Å². The molecule has 1 rings (SSSR count). The molecule has 0 atom stereocenters. The molecule has 0 saturated heterocycles. The van der Waals surface area contributed by atoms with Crippen LogP contribution >= 0.6 is 15.2 Å². The van der Waals surface area contributed by atoms with Gasteiger partial charge < -0.3 is 30.2 Å². The predicted octanol–water partition coefficient (Wildman–Crippen LogP) is -1.20. The Balaban J connectivity index is 0.00000289. The summed E-state index contributed by atoms with van der Waals surface area (Å²) in [6.45, 7) is 0. The van der Waals surface area contributed by atoms with Crippen LogP contribution in [0.15, 0.2) is 24.5 Å². The molecule has 0 aromatic carbocycles. The summed E-state index contributed by atoms with van der Waals surface area (Å²) in [5.41, 5.74) is 0.0988. The van der Waals surface area contributed by atoms with E-state index in [1.54, 1.807) is 0 Å². The molecule has 9 nitrogen and oxygen atoms in total. The zero-order chi connectivity index (χ0) is 13.3. The maximum Gasteiger partial charge on any atom is 0.369 e. The molecule has 0 unspecified atom stereocenters. The Bertz CT molecular complexity index is 457. The van der Waals surface area contributed by atoms with E-state index in [9.17, 15) is 14.2 Å². The Labute approximate surface area is 102 Å². The van der Waals surface area contributed by atoms with Gasteiger partial charge in [0.05, 0.1) is 0 Å². The normalized spacial score (nSPS) is 12.9. The monoisotopic (exact) mass is 301 g/mol. The smallest absolute Gasteiger partial charge is 0.369 e. The van der Waals surface area contributed by atoms with E-state index in [0.29, 0.717) is 0 Å². The Morgan fingerprint density at radius 1 is 1.17 bits per heavy atom. The van der Waals surface area contributed by atoms with Gasteiger partial charge in [-0.3, -0.25) is 14.1 Å². The third-order valence-corrected chi connectivity index (χ3v) is 5.84. The summed E-state index contributed by atoms with van der Waals surface area (Å²) in [6.07, 6.45) is 1.63. The van der Waals surface area contributed by atoms with Crippen LogP contribution in [0.25, 0.3) is 0 Å². The highest BCUT2D eigenvalue weighted by atomic mass is 31.2. The molecule has 0 saturated carbocycles. The van der Waals surface area contributed by atoms with Gasteiger partial charge in [-0.25, -0.2) is 0 Å². The summed E-state index contributed by atoms with van der Waals surface area (Å²) >= 11 is 0. The lowest BCUT2D eigenvalue weighted by Crippen LogP contribution is -2.31. The molecule has 0 bridgehead atoms. The molecule has 0 aliphatic carbocycles. The topological polar surface area (TPSA) is 180 Å². The minimum atomic E-state index is -5.41. The fourth-order valence-corrected chi connectivity index (χ4v) is 3.29. The summed E-state index contributed by atoms with van der Waals surface area (Å²) in [5.74, 6) is 0. The molecular weight excluding hydrogens is 288 g/mol. The molecule has 0 aliphatic rings. The van der Waals surface area contributed by atoms with Gasteiger partial charge in [0.15, 0.2) is 0 Å². The van der Waals surface area contributed by atoms with Crippen LogP contribution < -0.4 is 0 Å². The maximum atomic E-state index is 11.0. The number of aromatic nitrogens is 1. The van der Waals surface area contributed by atoms with E-state index in [-0.39, 0.29) is 11.0 Å². The average molecular weight is 301 g/mol.